The third-order valence-electron chi connectivity index (χ3n) is 3.86. The molecule has 0 saturated carbocycles. The van der Waals surface area contributed by atoms with Gasteiger partial charge >= 0.3 is 0 Å². The van der Waals surface area contributed by atoms with Crippen LogP contribution in [0.1, 0.15) is 12.0 Å². The third-order valence-corrected chi connectivity index (χ3v) is 4.70. The minimum Gasteiger partial charge on any atom is -0.369 e. The van der Waals surface area contributed by atoms with Gasteiger partial charge in [-0.15, -0.1) is 11.8 Å². The highest BCUT2D eigenvalue weighted by Crippen LogP contribution is 2.33. The summed E-state index contributed by atoms with van der Waals surface area (Å²) in [7, 11) is 0. The van der Waals surface area contributed by atoms with Crippen LogP contribution in [-0.4, -0.2) is 42.0 Å². The minimum atomic E-state index is -3.14. The number of primary amides is 1. The quantitative estimate of drug-likeness (QED) is 0.859. The lowest BCUT2D eigenvalue weighted by Crippen LogP contribution is -2.54. The monoisotopic (exact) mass is 328 g/mol. The minimum absolute atomic E-state index is 0.0585. The Balaban J connectivity index is 2.09. The van der Waals surface area contributed by atoms with Gasteiger partial charge in [0.25, 0.3) is 5.92 Å². The van der Waals surface area contributed by atoms with Crippen LogP contribution in [0.2, 0.25) is 0 Å². The van der Waals surface area contributed by atoms with Crippen molar-refractivity contribution >= 4 is 23.6 Å². The maximum atomic E-state index is 13.7. The second-order valence-electron chi connectivity index (χ2n) is 5.29. The third kappa shape index (κ3) is 3.58. The largest absolute Gasteiger partial charge is 0.369 e. The Morgan fingerprint density at radius 1 is 1.41 bits per heavy atom. The van der Waals surface area contributed by atoms with Crippen molar-refractivity contribution in [3.05, 3.63) is 29.8 Å². The highest BCUT2D eigenvalue weighted by Gasteiger charge is 2.48. The summed E-state index contributed by atoms with van der Waals surface area (Å²) in [6, 6.07) is 7.46. The number of likely N-dealkylation sites (tertiary alicyclic amines) is 1. The highest BCUT2D eigenvalue weighted by molar-refractivity contribution is 7.98. The van der Waals surface area contributed by atoms with E-state index < -0.39 is 24.2 Å². The number of amides is 2. The lowest BCUT2D eigenvalue weighted by atomic mass is 9.92. The zero-order valence-corrected chi connectivity index (χ0v) is 13.0. The number of alkyl halides is 2. The first-order valence-corrected chi connectivity index (χ1v) is 8.14. The van der Waals surface area contributed by atoms with E-state index >= 15 is 0 Å². The van der Waals surface area contributed by atoms with Gasteiger partial charge in [-0.25, -0.2) is 8.78 Å². The van der Waals surface area contributed by atoms with E-state index in [1.807, 2.05) is 30.5 Å². The highest BCUT2D eigenvalue weighted by atomic mass is 32.2. The van der Waals surface area contributed by atoms with Crippen molar-refractivity contribution in [1.82, 2.24) is 4.90 Å². The predicted molar refractivity (Wildman–Crippen MR) is 80.8 cm³/mol. The van der Waals surface area contributed by atoms with Gasteiger partial charge in [0.2, 0.25) is 11.8 Å². The molecular weight excluding hydrogens is 310 g/mol. The molecule has 2 N–H and O–H groups in total. The molecule has 0 spiro atoms. The second-order valence-corrected chi connectivity index (χ2v) is 6.14. The molecule has 1 aliphatic heterocycles. The lowest BCUT2D eigenvalue weighted by molar-refractivity contribution is -0.154. The Labute approximate surface area is 132 Å². The number of thioether (sulfide) groups is 1. The van der Waals surface area contributed by atoms with Gasteiger partial charge < -0.3 is 10.6 Å². The zero-order chi connectivity index (χ0) is 16.3. The van der Waals surface area contributed by atoms with Crippen molar-refractivity contribution in [2.24, 2.45) is 11.7 Å². The summed E-state index contributed by atoms with van der Waals surface area (Å²) in [6.07, 6.45) is 1.51. The van der Waals surface area contributed by atoms with E-state index in [1.165, 1.54) is 16.7 Å². The molecule has 0 bridgehead atoms. The van der Waals surface area contributed by atoms with E-state index in [4.69, 9.17) is 5.73 Å². The van der Waals surface area contributed by atoms with Gasteiger partial charge in [0, 0.05) is 24.4 Å². The van der Waals surface area contributed by atoms with E-state index in [9.17, 15) is 18.4 Å². The molecule has 2 amide bonds. The van der Waals surface area contributed by atoms with E-state index in [0.29, 0.717) is 0 Å². The first-order valence-electron chi connectivity index (χ1n) is 6.92. The number of hydrogen-bond donors (Lipinski definition) is 1. The molecule has 0 radical (unpaired) electrons. The van der Waals surface area contributed by atoms with E-state index in [-0.39, 0.29) is 25.4 Å². The molecule has 1 atom stereocenters. The van der Waals surface area contributed by atoms with Gasteiger partial charge in [-0.05, 0) is 17.9 Å². The Hall–Kier alpha value is -1.63. The van der Waals surface area contributed by atoms with Gasteiger partial charge in [-0.3, -0.25) is 9.59 Å². The van der Waals surface area contributed by atoms with Gasteiger partial charge in [-0.2, -0.15) is 0 Å². The van der Waals surface area contributed by atoms with Crippen LogP contribution in [0, 0.1) is 5.92 Å². The second kappa shape index (κ2) is 6.64. The molecule has 1 aromatic rings. The van der Waals surface area contributed by atoms with Crippen molar-refractivity contribution < 1.29 is 18.4 Å². The number of nitrogens with two attached hydrogens (primary N) is 1. The summed E-state index contributed by atoms with van der Waals surface area (Å²) >= 11 is 1.52. The molecule has 1 fully saturated rings. The maximum Gasteiger partial charge on any atom is 0.263 e. The SMILES string of the molecule is CSc1ccccc1CC(=O)N1CCC(F)(F)[C@H](C(N)=O)C1. The van der Waals surface area contributed by atoms with Crippen LogP contribution in [0.25, 0.3) is 0 Å². The Bertz CT molecular complexity index is 580. The van der Waals surface area contributed by atoms with Crippen LogP contribution in [0.4, 0.5) is 8.78 Å². The number of rotatable bonds is 4. The molecule has 0 aromatic heterocycles. The number of piperidine rings is 1. The first kappa shape index (κ1) is 16.7. The number of carbonyl (C=O) groups is 2. The topological polar surface area (TPSA) is 63.4 Å². The molecule has 1 heterocycles. The van der Waals surface area contributed by atoms with E-state index in [1.54, 1.807) is 0 Å². The number of carbonyl (C=O) groups excluding carboxylic acids is 2. The molecule has 120 valence electrons. The summed E-state index contributed by atoms with van der Waals surface area (Å²) in [5.41, 5.74) is 5.90. The smallest absolute Gasteiger partial charge is 0.263 e. The summed E-state index contributed by atoms with van der Waals surface area (Å²) in [4.78, 5) is 25.8. The number of halogens is 2. The molecule has 1 aromatic carbocycles. The standard InChI is InChI=1S/C15H18F2N2O2S/c1-22-12-5-3-2-4-10(12)8-13(20)19-7-6-15(16,17)11(9-19)14(18)21/h2-5,11H,6-9H2,1H3,(H2,18,21)/t11-/m0/s1. The average molecular weight is 328 g/mol. The van der Waals surface area contributed by atoms with Crippen LogP contribution >= 0.6 is 11.8 Å². The van der Waals surface area contributed by atoms with Crippen molar-refractivity contribution in [3.8, 4) is 0 Å². The van der Waals surface area contributed by atoms with Crippen molar-refractivity contribution in [1.29, 1.82) is 0 Å². The summed E-state index contributed by atoms with van der Waals surface area (Å²) in [5.74, 6) is -6.07. The molecule has 7 heteroatoms. The van der Waals surface area contributed by atoms with Crippen molar-refractivity contribution in [2.75, 3.05) is 19.3 Å². The molecule has 0 unspecified atom stereocenters. The zero-order valence-electron chi connectivity index (χ0n) is 12.2. The average Bonchev–Trinajstić information content (AvgIpc) is 2.47. The van der Waals surface area contributed by atoms with E-state index in [2.05, 4.69) is 0 Å². The fraction of sp³-hybridized carbons (Fsp3) is 0.467. The number of hydrogen-bond acceptors (Lipinski definition) is 3. The van der Waals surface area contributed by atoms with Gasteiger partial charge in [0.1, 0.15) is 5.92 Å². The van der Waals surface area contributed by atoms with Crippen LogP contribution < -0.4 is 5.73 Å². The van der Waals surface area contributed by atoms with Crippen LogP contribution in [0.15, 0.2) is 29.2 Å². The van der Waals surface area contributed by atoms with Crippen LogP contribution in [0.3, 0.4) is 0 Å². The molecule has 1 aliphatic rings. The van der Waals surface area contributed by atoms with Gasteiger partial charge in [0.15, 0.2) is 0 Å². The molecule has 1 saturated heterocycles. The van der Waals surface area contributed by atoms with Crippen LogP contribution in [0.5, 0.6) is 0 Å². The molecular formula is C15H18F2N2O2S. The lowest BCUT2D eigenvalue weighted by Gasteiger charge is -2.36. The summed E-state index contributed by atoms with van der Waals surface area (Å²) < 4.78 is 27.3. The Morgan fingerprint density at radius 3 is 2.73 bits per heavy atom. The first-order chi connectivity index (χ1) is 10.3. The molecule has 4 nitrogen and oxygen atoms in total. The van der Waals surface area contributed by atoms with Gasteiger partial charge in [-0.1, -0.05) is 18.2 Å². The normalized spacial score (nSPS) is 20.7. The van der Waals surface area contributed by atoms with Crippen molar-refractivity contribution in [2.45, 2.75) is 23.7 Å². The fourth-order valence-corrected chi connectivity index (χ4v) is 3.17. The molecule has 2 rings (SSSR count). The number of nitrogens with zero attached hydrogens (tertiary/aromatic N) is 1. The molecule has 0 aliphatic carbocycles. The number of benzene rings is 1. The van der Waals surface area contributed by atoms with E-state index in [0.717, 1.165) is 10.5 Å². The summed E-state index contributed by atoms with van der Waals surface area (Å²) in [6.45, 7) is -0.375. The van der Waals surface area contributed by atoms with Crippen molar-refractivity contribution in [3.63, 3.8) is 0 Å². The fourth-order valence-electron chi connectivity index (χ4n) is 2.55. The predicted octanol–water partition coefficient (Wildman–Crippen LogP) is 1.92. The molecule has 22 heavy (non-hydrogen) atoms. The Kier molecular flexibility index (Phi) is 5.05. The van der Waals surface area contributed by atoms with Crippen LogP contribution in [-0.2, 0) is 16.0 Å². The van der Waals surface area contributed by atoms with Gasteiger partial charge in [0.05, 0.1) is 6.42 Å². The Morgan fingerprint density at radius 2 is 2.09 bits per heavy atom. The summed E-state index contributed by atoms with van der Waals surface area (Å²) in [5, 5.41) is 0. The maximum absolute atomic E-state index is 13.7.